The molecule has 0 amide bonds. The molecule has 1 aromatic heterocycles. The van der Waals surface area contributed by atoms with Gasteiger partial charge in [-0.3, -0.25) is 0 Å². The highest BCUT2D eigenvalue weighted by molar-refractivity contribution is 5.95. The van der Waals surface area contributed by atoms with E-state index in [-0.39, 0.29) is 0 Å². The number of aromatic carboxylic acids is 1. The fraction of sp³-hybridized carbons (Fsp3) is 0.471. The summed E-state index contributed by atoms with van der Waals surface area (Å²) in [5, 5.41) is 10.3. The van der Waals surface area contributed by atoms with E-state index in [0.29, 0.717) is 18.0 Å². The maximum absolute atomic E-state index is 11.2. The average Bonchev–Trinajstić information content (AvgIpc) is 2.77. The molecule has 1 aromatic carbocycles. The summed E-state index contributed by atoms with van der Waals surface area (Å²) in [5.74, 6) is -0.191. The van der Waals surface area contributed by atoms with Gasteiger partial charge in [0.1, 0.15) is 0 Å². The molecule has 1 atom stereocenters. The minimum absolute atomic E-state index is 0.375. The van der Waals surface area contributed by atoms with Gasteiger partial charge in [-0.2, -0.15) is 0 Å². The number of hydrogen-bond donors (Lipinski definition) is 2. The molecular formula is C17H22N2O2. The second-order valence-electron chi connectivity index (χ2n) is 6.10. The van der Waals surface area contributed by atoms with Crippen LogP contribution in [0.25, 0.3) is 10.9 Å². The number of nitrogens with two attached hydrogens (primary N) is 1. The summed E-state index contributed by atoms with van der Waals surface area (Å²) in [5.41, 5.74) is 9.93. The minimum Gasteiger partial charge on any atom is -0.478 e. The highest BCUT2D eigenvalue weighted by Gasteiger charge is 2.23. The smallest absolute Gasteiger partial charge is 0.335 e. The summed E-state index contributed by atoms with van der Waals surface area (Å²) in [6, 6.07) is 5.50. The first-order chi connectivity index (χ1) is 10.1. The largest absolute Gasteiger partial charge is 0.478 e. The molecule has 1 heterocycles. The average molecular weight is 286 g/mol. The molecular weight excluding hydrogens is 264 g/mol. The second kappa shape index (κ2) is 5.53. The summed E-state index contributed by atoms with van der Waals surface area (Å²) in [7, 11) is 0. The van der Waals surface area contributed by atoms with Gasteiger partial charge in [0.2, 0.25) is 0 Å². The van der Waals surface area contributed by atoms with Crippen LogP contribution in [0.4, 0.5) is 0 Å². The van der Waals surface area contributed by atoms with Gasteiger partial charge in [0, 0.05) is 23.1 Å². The molecule has 1 unspecified atom stereocenters. The van der Waals surface area contributed by atoms with Gasteiger partial charge in [-0.05, 0) is 61.9 Å². The van der Waals surface area contributed by atoms with Gasteiger partial charge in [0.15, 0.2) is 0 Å². The first-order valence-electron chi connectivity index (χ1n) is 7.69. The maximum atomic E-state index is 11.2. The molecule has 2 aromatic rings. The van der Waals surface area contributed by atoms with Crippen LogP contribution in [0.3, 0.4) is 0 Å². The Morgan fingerprint density at radius 1 is 1.48 bits per heavy atom. The molecule has 0 aliphatic heterocycles. The van der Waals surface area contributed by atoms with Crippen molar-refractivity contribution in [3.05, 3.63) is 35.0 Å². The van der Waals surface area contributed by atoms with Crippen LogP contribution in [0.1, 0.15) is 41.4 Å². The predicted molar refractivity (Wildman–Crippen MR) is 83.8 cm³/mol. The predicted octanol–water partition coefficient (Wildman–Crippen LogP) is 2.81. The van der Waals surface area contributed by atoms with Crippen molar-refractivity contribution in [2.45, 2.75) is 39.2 Å². The number of fused-ring (bicyclic) bond motifs is 3. The standard InChI is InChI=1S/C17H22N2O2/c1-11-3-5-15-13(9-11)14-10-12(17(20)21)4-6-16(14)19(15)8-2-7-18/h4,6,10-11H,2-3,5,7-9,18H2,1H3,(H,20,21). The molecule has 0 saturated carbocycles. The Bertz CT molecular complexity index is 688. The lowest BCUT2D eigenvalue weighted by molar-refractivity contribution is 0.0697. The Balaban J connectivity index is 2.19. The van der Waals surface area contributed by atoms with Crippen LogP contribution in [-0.4, -0.2) is 22.2 Å². The molecule has 0 radical (unpaired) electrons. The van der Waals surface area contributed by atoms with Gasteiger partial charge in [-0.15, -0.1) is 0 Å². The third kappa shape index (κ3) is 2.44. The molecule has 3 rings (SSSR count). The van der Waals surface area contributed by atoms with Crippen LogP contribution in [0.5, 0.6) is 0 Å². The van der Waals surface area contributed by atoms with Gasteiger partial charge in [0.05, 0.1) is 5.56 Å². The van der Waals surface area contributed by atoms with Gasteiger partial charge < -0.3 is 15.4 Å². The number of aromatic nitrogens is 1. The van der Waals surface area contributed by atoms with Crippen LogP contribution >= 0.6 is 0 Å². The van der Waals surface area contributed by atoms with Crippen LogP contribution in [-0.2, 0) is 19.4 Å². The lowest BCUT2D eigenvalue weighted by atomic mass is 9.87. The number of aryl methyl sites for hydroxylation is 1. The Labute approximate surface area is 124 Å². The third-order valence-corrected chi connectivity index (χ3v) is 4.55. The lowest BCUT2D eigenvalue weighted by Gasteiger charge is -2.20. The van der Waals surface area contributed by atoms with Crippen LogP contribution in [0, 0.1) is 5.92 Å². The Morgan fingerprint density at radius 2 is 2.29 bits per heavy atom. The Morgan fingerprint density at radius 3 is 3.00 bits per heavy atom. The molecule has 4 nitrogen and oxygen atoms in total. The number of hydrogen-bond acceptors (Lipinski definition) is 2. The highest BCUT2D eigenvalue weighted by atomic mass is 16.4. The zero-order chi connectivity index (χ0) is 15.0. The van der Waals surface area contributed by atoms with Crippen LogP contribution in [0.15, 0.2) is 18.2 Å². The molecule has 1 aliphatic carbocycles. The van der Waals surface area contributed by atoms with Crippen molar-refractivity contribution in [2.24, 2.45) is 11.7 Å². The normalized spacial score (nSPS) is 17.9. The van der Waals surface area contributed by atoms with E-state index in [1.54, 1.807) is 6.07 Å². The lowest BCUT2D eigenvalue weighted by Crippen LogP contribution is -2.15. The van der Waals surface area contributed by atoms with Crippen molar-refractivity contribution >= 4 is 16.9 Å². The summed E-state index contributed by atoms with van der Waals surface area (Å²) >= 11 is 0. The van der Waals surface area contributed by atoms with Gasteiger partial charge >= 0.3 is 5.97 Å². The number of carbonyl (C=O) groups is 1. The minimum atomic E-state index is -0.857. The zero-order valence-electron chi connectivity index (χ0n) is 12.4. The first-order valence-corrected chi connectivity index (χ1v) is 7.69. The molecule has 21 heavy (non-hydrogen) atoms. The van der Waals surface area contributed by atoms with E-state index in [1.165, 1.54) is 17.7 Å². The van der Waals surface area contributed by atoms with E-state index in [4.69, 9.17) is 5.73 Å². The third-order valence-electron chi connectivity index (χ3n) is 4.55. The summed E-state index contributed by atoms with van der Waals surface area (Å²) in [4.78, 5) is 11.2. The number of rotatable bonds is 4. The van der Waals surface area contributed by atoms with E-state index >= 15 is 0 Å². The Kier molecular flexibility index (Phi) is 3.72. The first kappa shape index (κ1) is 14.1. The summed E-state index contributed by atoms with van der Waals surface area (Å²) in [6.07, 6.45) is 4.28. The second-order valence-corrected chi connectivity index (χ2v) is 6.10. The van der Waals surface area contributed by atoms with Gasteiger partial charge in [-0.25, -0.2) is 4.79 Å². The van der Waals surface area contributed by atoms with Crippen LogP contribution in [0.2, 0.25) is 0 Å². The number of carboxylic acids is 1. The monoisotopic (exact) mass is 286 g/mol. The van der Waals surface area contributed by atoms with Crippen molar-refractivity contribution < 1.29 is 9.90 Å². The van der Waals surface area contributed by atoms with Gasteiger partial charge in [-0.1, -0.05) is 6.92 Å². The van der Waals surface area contributed by atoms with E-state index in [0.717, 1.165) is 36.7 Å². The number of benzene rings is 1. The number of carboxylic acid groups (broad SMARTS) is 1. The van der Waals surface area contributed by atoms with Crippen molar-refractivity contribution in [3.8, 4) is 0 Å². The van der Waals surface area contributed by atoms with Crippen molar-refractivity contribution in [1.82, 2.24) is 4.57 Å². The molecule has 0 spiro atoms. The maximum Gasteiger partial charge on any atom is 0.335 e. The molecule has 3 N–H and O–H groups in total. The van der Waals surface area contributed by atoms with Crippen LogP contribution < -0.4 is 5.73 Å². The Hall–Kier alpha value is -1.81. The molecule has 1 aliphatic rings. The molecule has 0 fully saturated rings. The molecule has 4 heteroatoms. The molecule has 0 saturated heterocycles. The van der Waals surface area contributed by atoms with E-state index in [9.17, 15) is 9.90 Å². The number of nitrogens with zero attached hydrogens (tertiary/aromatic N) is 1. The fourth-order valence-corrected chi connectivity index (χ4v) is 3.46. The molecule has 0 bridgehead atoms. The van der Waals surface area contributed by atoms with Crippen molar-refractivity contribution in [1.29, 1.82) is 0 Å². The molecule has 112 valence electrons. The van der Waals surface area contributed by atoms with Crippen molar-refractivity contribution in [3.63, 3.8) is 0 Å². The van der Waals surface area contributed by atoms with E-state index in [2.05, 4.69) is 11.5 Å². The van der Waals surface area contributed by atoms with Crippen molar-refractivity contribution in [2.75, 3.05) is 6.54 Å². The SMILES string of the molecule is CC1CCc2c(c3cc(C(=O)O)ccc3n2CCCN)C1. The summed E-state index contributed by atoms with van der Waals surface area (Å²) < 4.78 is 2.36. The van der Waals surface area contributed by atoms with E-state index < -0.39 is 5.97 Å². The topological polar surface area (TPSA) is 68.2 Å². The summed E-state index contributed by atoms with van der Waals surface area (Å²) in [6.45, 7) is 3.87. The highest BCUT2D eigenvalue weighted by Crippen LogP contribution is 2.35. The van der Waals surface area contributed by atoms with E-state index in [1.807, 2.05) is 12.1 Å². The van der Waals surface area contributed by atoms with Gasteiger partial charge in [0.25, 0.3) is 0 Å². The zero-order valence-corrected chi connectivity index (χ0v) is 12.4. The fourth-order valence-electron chi connectivity index (χ4n) is 3.46. The quantitative estimate of drug-likeness (QED) is 0.908.